The summed E-state index contributed by atoms with van der Waals surface area (Å²) in [6.07, 6.45) is 1.70. The van der Waals surface area contributed by atoms with Gasteiger partial charge in [-0.25, -0.2) is 0 Å². The Morgan fingerprint density at radius 1 is 1.00 bits per heavy atom. The third-order valence-electron chi connectivity index (χ3n) is 3.59. The van der Waals surface area contributed by atoms with Crippen LogP contribution in [0.25, 0.3) is 0 Å². The zero-order valence-electron chi connectivity index (χ0n) is 14.4. The number of nitrogens with zero attached hydrogens (tertiary/aromatic N) is 1. The van der Waals surface area contributed by atoms with Gasteiger partial charge in [0.2, 0.25) is 0 Å². The smallest absolute Gasteiger partial charge is 0.191 e. The molecule has 0 aliphatic carbocycles. The molecule has 2 N–H and O–H groups in total. The van der Waals surface area contributed by atoms with E-state index >= 15 is 0 Å². The summed E-state index contributed by atoms with van der Waals surface area (Å²) in [7, 11) is 0. The molecule has 0 atom stereocenters. The molecule has 0 bridgehead atoms. The van der Waals surface area contributed by atoms with Crippen molar-refractivity contribution in [3.05, 3.63) is 94.5 Å². The zero-order chi connectivity index (χ0) is 18.9. The molecule has 3 aromatic rings. The van der Waals surface area contributed by atoms with Gasteiger partial charge in [0.15, 0.2) is 5.11 Å². The van der Waals surface area contributed by atoms with Crippen molar-refractivity contribution in [3.8, 4) is 5.75 Å². The van der Waals surface area contributed by atoms with Crippen molar-refractivity contribution in [3.63, 3.8) is 0 Å². The van der Waals surface area contributed by atoms with Crippen LogP contribution in [0.15, 0.2) is 88.4 Å². The predicted molar refractivity (Wildman–Crippen MR) is 118 cm³/mol. The summed E-state index contributed by atoms with van der Waals surface area (Å²) in [4.78, 5) is 0. The van der Waals surface area contributed by atoms with Gasteiger partial charge in [0.05, 0.1) is 6.21 Å². The van der Waals surface area contributed by atoms with Crippen LogP contribution in [-0.2, 0) is 6.61 Å². The first-order valence-corrected chi connectivity index (χ1v) is 9.51. The average Bonchev–Trinajstić information content (AvgIpc) is 2.69. The van der Waals surface area contributed by atoms with Gasteiger partial charge >= 0.3 is 0 Å². The molecule has 0 amide bonds. The van der Waals surface area contributed by atoms with Crippen LogP contribution in [0.3, 0.4) is 0 Å². The van der Waals surface area contributed by atoms with Crippen LogP contribution in [0.4, 0.5) is 5.69 Å². The Bertz CT molecular complexity index is 914. The molecule has 0 spiro atoms. The van der Waals surface area contributed by atoms with Crippen LogP contribution in [0, 0.1) is 0 Å². The van der Waals surface area contributed by atoms with Gasteiger partial charge in [-0.05, 0) is 59.7 Å². The number of benzene rings is 3. The molecule has 0 unspecified atom stereocenters. The molecule has 136 valence electrons. The number of anilines is 1. The fraction of sp³-hybridized carbons (Fsp3) is 0.0476. The SMILES string of the molecule is S=C(N/N=C\c1cccc(OCc2ccc(Br)cc2)c1)Nc1ccccc1. The second-order valence-electron chi connectivity index (χ2n) is 5.68. The number of hydrogen-bond acceptors (Lipinski definition) is 3. The molecule has 0 saturated heterocycles. The summed E-state index contributed by atoms with van der Waals surface area (Å²) in [6, 6.07) is 25.5. The van der Waals surface area contributed by atoms with Crippen molar-refractivity contribution in [2.24, 2.45) is 5.10 Å². The number of rotatable bonds is 6. The van der Waals surface area contributed by atoms with Gasteiger partial charge < -0.3 is 10.1 Å². The first-order valence-electron chi connectivity index (χ1n) is 8.31. The van der Waals surface area contributed by atoms with E-state index in [0.29, 0.717) is 11.7 Å². The topological polar surface area (TPSA) is 45.7 Å². The third-order valence-corrected chi connectivity index (χ3v) is 4.31. The number of hydrogen-bond donors (Lipinski definition) is 2. The van der Waals surface area contributed by atoms with E-state index in [1.807, 2.05) is 78.9 Å². The first-order chi connectivity index (χ1) is 13.2. The fourth-order valence-electron chi connectivity index (χ4n) is 2.28. The fourth-order valence-corrected chi connectivity index (χ4v) is 2.71. The molecule has 0 aliphatic rings. The van der Waals surface area contributed by atoms with Crippen LogP contribution in [0.5, 0.6) is 5.75 Å². The molecular weight excluding hydrogens is 422 g/mol. The highest BCUT2D eigenvalue weighted by atomic mass is 79.9. The number of para-hydroxylation sites is 1. The van der Waals surface area contributed by atoms with Gasteiger partial charge in [0.1, 0.15) is 12.4 Å². The molecule has 0 fully saturated rings. The van der Waals surface area contributed by atoms with Crippen molar-refractivity contribution >= 4 is 45.2 Å². The van der Waals surface area contributed by atoms with E-state index in [0.717, 1.165) is 27.0 Å². The monoisotopic (exact) mass is 439 g/mol. The van der Waals surface area contributed by atoms with Gasteiger partial charge in [0, 0.05) is 10.2 Å². The summed E-state index contributed by atoms with van der Waals surface area (Å²) >= 11 is 8.65. The predicted octanol–water partition coefficient (Wildman–Crippen LogP) is 5.35. The lowest BCUT2D eigenvalue weighted by Crippen LogP contribution is -2.23. The Labute approximate surface area is 172 Å². The molecule has 0 radical (unpaired) electrons. The number of thiocarbonyl (C=S) groups is 1. The van der Waals surface area contributed by atoms with E-state index in [-0.39, 0.29) is 0 Å². The number of hydrazone groups is 1. The molecular formula is C21H18BrN3OS. The maximum Gasteiger partial charge on any atom is 0.191 e. The first kappa shape index (κ1) is 19.1. The number of ether oxygens (including phenoxy) is 1. The van der Waals surface area contributed by atoms with Crippen molar-refractivity contribution < 1.29 is 4.74 Å². The Morgan fingerprint density at radius 2 is 1.78 bits per heavy atom. The quantitative estimate of drug-likeness (QED) is 0.308. The summed E-state index contributed by atoms with van der Waals surface area (Å²) in [6.45, 7) is 0.511. The van der Waals surface area contributed by atoms with Crippen LogP contribution in [-0.4, -0.2) is 11.3 Å². The summed E-state index contributed by atoms with van der Waals surface area (Å²) in [5.41, 5.74) is 5.74. The van der Waals surface area contributed by atoms with E-state index in [1.165, 1.54) is 0 Å². The maximum atomic E-state index is 5.84. The van der Waals surface area contributed by atoms with Crippen molar-refractivity contribution in [2.45, 2.75) is 6.61 Å². The second-order valence-corrected chi connectivity index (χ2v) is 7.00. The van der Waals surface area contributed by atoms with Crippen molar-refractivity contribution in [1.82, 2.24) is 5.43 Å². The van der Waals surface area contributed by atoms with E-state index in [1.54, 1.807) is 6.21 Å². The summed E-state index contributed by atoms with van der Waals surface area (Å²) in [5.74, 6) is 0.784. The summed E-state index contributed by atoms with van der Waals surface area (Å²) < 4.78 is 6.90. The van der Waals surface area contributed by atoms with Gasteiger partial charge in [-0.3, -0.25) is 5.43 Å². The molecule has 3 aromatic carbocycles. The van der Waals surface area contributed by atoms with Gasteiger partial charge in [0.25, 0.3) is 0 Å². The van der Waals surface area contributed by atoms with Crippen LogP contribution in [0.1, 0.15) is 11.1 Å². The van der Waals surface area contributed by atoms with E-state index in [9.17, 15) is 0 Å². The Hall–Kier alpha value is -2.70. The lowest BCUT2D eigenvalue weighted by molar-refractivity contribution is 0.306. The molecule has 27 heavy (non-hydrogen) atoms. The maximum absolute atomic E-state index is 5.84. The molecule has 0 heterocycles. The lowest BCUT2D eigenvalue weighted by Gasteiger charge is -2.08. The Kier molecular flexibility index (Phi) is 6.96. The van der Waals surface area contributed by atoms with E-state index in [4.69, 9.17) is 17.0 Å². The minimum absolute atomic E-state index is 0.431. The largest absolute Gasteiger partial charge is 0.489 e. The third kappa shape index (κ3) is 6.51. The molecule has 0 aliphatic heterocycles. The normalized spacial score (nSPS) is 10.6. The Balaban J connectivity index is 1.51. The second kappa shape index (κ2) is 9.85. The molecule has 3 rings (SSSR count). The van der Waals surface area contributed by atoms with E-state index in [2.05, 4.69) is 31.8 Å². The molecule has 0 saturated carbocycles. The van der Waals surface area contributed by atoms with Crippen LogP contribution >= 0.6 is 28.1 Å². The van der Waals surface area contributed by atoms with Crippen LogP contribution in [0.2, 0.25) is 0 Å². The minimum atomic E-state index is 0.431. The number of halogens is 1. The lowest BCUT2D eigenvalue weighted by atomic mass is 10.2. The van der Waals surface area contributed by atoms with Crippen LogP contribution < -0.4 is 15.5 Å². The van der Waals surface area contributed by atoms with Gasteiger partial charge in [-0.15, -0.1) is 0 Å². The standard InChI is InChI=1S/C21H18BrN3OS/c22-18-11-9-16(10-12-18)15-26-20-8-4-5-17(13-20)14-23-25-21(27)24-19-6-2-1-3-7-19/h1-14H,15H2,(H2,24,25,27)/b23-14-. The highest BCUT2D eigenvalue weighted by Crippen LogP contribution is 2.16. The van der Waals surface area contributed by atoms with Gasteiger partial charge in [-0.2, -0.15) is 5.10 Å². The highest BCUT2D eigenvalue weighted by molar-refractivity contribution is 9.10. The Morgan fingerprint density at radius 3 is 2.56 bits per heavy atom. The van der Waals surface area contributed by atoms with Crippen molar-refractivity contribution in [1.29, 1.82) is 0 Å². The number of nitrogens with one attached hydrogen (secondary N) is 2. The molecule has 0 aromatic heterocycles. The zero-order valence-corrected chi connectivity index (χ0v) is 16.8. The van der Waals surface area contributed by atoms with E-state index < -0.39 is 0 Å². The minimum Gasteiger partial charge on any atom is -0.489 e. The highest BCUT2D eigenvalue weighted by Gasteiger charge is 1.98. The summed E-state index contributed by atoms with van der Waals surface area (Å²) in [5, 5.41) is 7.66. The molecule has 6 heteroatoms. The average molecular weight is 440 g/mol. The van der Waals surface area contributed by atoms with Crippen molar-refractivity contribution in [2.75, 3.05) is 5.32 Å². The molecule has 4 nitrogen and oxygen atoms in total. The van der Waals surface area contributed by atoms with Gasteiger partial charge in [-0.1, -0.05) is 58.4 Å².